The Morgan fingerprint density at radius 3 is 2.75 bits per heavy atom. The molecule has 1 saturated heterocycles. The summed E-state index contributed by atoms with van der Waals surface area (Å²) in [4.78, 5) is 20.7. The highest BCUT2D eigenvalue weighted by Crippen LogP contribution is 2.30. The Hall–Kier alpha value is -3.09. The number of hydrogen-bond donors (Lipinski definition) is 1. The molecule has 36 heavy (non-hydrogen) atoms. The van der Waals surface area contributed by atoms with Crippen molar-refractivity contribution in [2.45, 2.75) is 32.2 Å². The van der Waals surface area contributed by atoms with E-state index >= 15 is 0 Å². The van der Waals surface area contributed by atoms with E-state index in [4.69, 9.17) is 9.47 Å². The molecule has 3 heterocycles. The lowest BCUT2D eigenvalue weighted by Gasteiger charge is -2.29. The standard InChI is InChI=1S/C24H26F3N5O3S/c1-14-11-28-23(36-14)17-8-16(9-18(10-17)35-13-19-12-32(3)6-7-34-19)22(33)29-15(2)20-4-5-21(31-30-20)24(25,26)27/h4-5,8-11,15,19H,6-7,12-13H2,1-3H3,(H,29,33)/t15-,19-/m0/s1. The summed E-state index contributed by atoms with van der Waals surface area (Å²) >= 11 is 1.49. The van der Waals surface area contributed by atoms with Crippen LogP contribution in [0.1, 0.15) is 39.6 Å². The largest absolute Gasteiger partial charge is 0.491 e. The van der Waals surface area contributed by atoms with Crippen LogP contribution in [0.4, 0.5) is 13.2 Å². The van der Waals surface area contributed by atoms with Gasteiger partial charge in [0.25, 0.3) is 5.91 Å². The van der Waals surface area contributed by atoms with Crippen LogP contribution in [-0.4, -0.2) is 65.4 Å². The molecule has 2 aromatic heterocycles. The molecule has 3 aromatic rings. The van der Waals surface area contributed by atoms with Crippen molar-refractivity contribution in [1.82, 2.24) is 25.4 Å². The Kier molecular flexibility index (Phi) is 7.86. The highest BCUT2D eigenvalue weighted by atomic mass is 32.1. The molecule has 1 fully saturated rings. The lowest BCUT2D eigenvalue weighted by Crippen LogP contribution is -2.42. The average molecular weight is 522 g/mol. The van der Waals surface area contributed by atoms with Crippen molar-refractivity contribution in [3.8, 4) is 16.3 Å². The third-order valence-corrected chi connectivity index (χ3v) is 6.54. The quantitative estimate of drug-likeness (QED) is 0.500. The van der Waals surface area contributed by atoms with Crippen LogP contribution in [0.25, 0.3) is 10.6 Å². The normalized spacial score (nSPS) is 17.6. The molecule has 8 nitrogen and oxygen atoms in total. The Labute approximate surface area is 210 Å². The minimum absolute atomic E-state index is 0.0925. The number of nitrogens with zero attached hydrogens (tertiary/aromatic N) is 4. The van der Waals surface area contributed by atoms with Gasteiger partial charge < -0.3 is 19.7 Å². The van der Waals surface area contributed by atoms with Gasteiger partial charge in [0.05, 0.1) is 18.3 Å². The first-order valence-corrected chi connectivity index (χ1v) is 12.1. The number of amides is 1. The van der Waals surface area contributed by atoms with Crippen molar-refractivity contribution in [3.05, 3.63) is 58.4 Å². The number of ether oxygens (including phenoxy) is 2. The van der Waals surface area contributed by atoms with E-state index < -0.39 is 23.8 Å². The number of carbonyl (C=O) groups excluding carboxylic acids is 1. The predicted octanol–water partition coefficient (Wildman–Crippen LogP) is 4.13. The first-order valence-electron chi connectivity index (χ1n) is 11.3. The number of alkyl halides is 3. The van der Waals surface area contributed by atoms with Gasteiger partial charge in [-0.3, -0.25) is 4.79 Å². The van der Waals surface area contributed by atoms with E-state index in [2.05, 4.69) is 25.4 Å². The molecule has 0 radical (unpaired) electrons. The maximum Gasteiger partial charge on any atom is 0.435 e. The molecule has 1 aliphatic heterocycles. The minimum atomic E-state index is -4.58. The zero-order valence-electron chi connectivity index (χ0n) is 20.0. The topological polar surface area (TPSA) is 89.5 Å². The van der Waals surface area contributed by atoms with Gasteiger partial charge in [0.2, 0.25) is 0 Å². The van der Waals surface area contributed by atoms with Gasteiger partial charge in [-0.1, -0.05) is 0 Å². The molecule has 0 bridgehead atoms. The Bertz CT molecular complexity index is 1200. The van der Waals surface area contributed by atoms with Crippen molar-refractivity contribution in [3.63, 3.8) is 0 Å². The first kappa shape index (κ1) is 26.0. The monoisotopic (exact) mass is 521 g/mol. The number of hydrogen-bond acceptors (Lipinski definition) is 8. The smallest absolute Gasteiger partial charge is 0.435 e. The van der Waals surface area contributed by atoms with Crippen LogP contribution in [0.15, 0.2) is 36.5 Å². The van der Waals surface area contributed by atoms with Gasteiger partial charge in [-0.25, -0.2) is 4.98 Å². The van der Waals surface area contributed by atoms with Crippen LogP contribution in [-0.2, 0) is 10.9 Å². The second-order valence-electron chi connectivity index (χ2n) is 8.62. The maximum atomic E-state index is 13.1. The van der Waals surface area contributed by atoms with Gasteiger partial charge in [-0.05, 0) is 51.2 Å². The summed E-state index contributed by atoms with van der Waals surface area (Å²) < 4.78 is 50.1. The molecule has 12 heteroatoms. The lowest BCUT2D eigenvalue weighted by atomic mass is 10.1. The highest BCUT2D eigenvalue weighted by Gasteiger charge is 2.33. The third-order valence-electron chi connectivity index (χ3n) is 5.58. The van der Waals surface area contributed by atoms with Crippen molar-refractivity contribution in [1.29, 1.82) is 0 Å². The number of carbonyl (C=O) groups is 1. The third kappa shape index (κ3) is 6.56. The zero-order valence-corrected chi connectivity index (χ0v) is 20.8. The second kappa shape index (κ2) is 10.9. The van der Waals surface area contributed by atoms with Gasteiger partial charge in [-0.15, -0.1) is 16.4 Å². The fourth-order valence-electron chi connectivity index (χ4n) is 3.66. The second-order valence-corrected chi connectivity index (χ2v) is 9.86. The minimum Gasteiger partial charge on any atom is -0.491 e. The van der Waals surface area contributed by atoms with Gasteiger partial charge in [0, 0.05) is 35.3 Å². The van der Waals surface area contributed by atoms with Crippen molar-refractivity contribution < 1.29 is 27.4 Å². The van der Waals surface area contributed by atoms with Crippen LogP contribution >= 0.6 is 11.3 Å². The fourth-order valence-corrected chi connectivity index (χ4v) is 4.41. The highest BCUT2D eigenvalue weighted by molar-refractivity contribution is 7.14. The van der Waals surface area contributed by atoms with E-state index in [1.165, 1.54) is 17.4 Å². The van der Waals surface area contributed by atoms with Crippen LogP contribution in [0.3, 0.4) is 0 Å². The van der Waals surface area contributed by atoms with Gasteiger partial charge >= 0.3 is 6.18 Å². The lowest BCUT2D eigenvalue weighted by molar-refractivity contribution is -0.141. The van der Waals surface area contributed by atoms with Crippen LogP contribution in [0.2, 0.25) is 0 Å². The van der Waals surface area contributed by atoms with Gasteiger partial charge in [0.1, 0.15) is 23.5 Å². The number of halogens is 3. The summed E-state index contributed by atoms with van der Waals surface area (Å²) in [5.74, 6) is 0.0575. The van der Waals surface area contributed by atoms with E-state index in [9.17, 15) is 18.0 Å². The summed E-state index contributed by atoms with van der Waals surface area (Å²) in [6.45, 7) is 6.12. The first-order chi connectivity index (χ1) is 17.1. The van der Waals surface area contributed by atoms with E-state index in [0.717, 1.165) is 34.6 Å². The molecule has 0 aliphatic carbocycles. The van der Waals surface area contributed by atoms with Crippen LogP contribution in [0, 0.1) is 6.92 Å². The zero-order chi connectivity index (χ0) is 25.9. The van der Waals surface area contributed by atoms with Gasteiger partial charge in [0.15, 0.2) is 5.69 Å². The Balaban J connectivity index is 1.52. The number of aromatic nitrogens is 3. The fraction of sp³-hybridized carbons (Fsp3) is 0.417. The number of rotatable bonds is 7. The molecule has 192 valence electrons. The van der Waals surface area contributed by atoms with E-state index in [1.807, 2.05) is 20.0 Å². The maximum absolute atomic E-state index is 13.1. The van der Waals surface area contributed by atoms with Crippen LogP contribution < -0.4 is 10.1 Å². The summed E-state index contributed by atoms with van der Waals surface area (Å²) in [6, 6.07) is 6.52. The molecular formula is C24H26F3N5O3S. The van der Waals surface area contributed by atoms with E-state index in [0.29, 0.717) is 24.5 Å². The predicted molar refractivity (Wildman–Crippen MR) is 128 cm³/mol. The number of morpholine rings is 1. The molecule has 0 spiro atoms. The van der Waals surface area contributed by atoms with Crippen molar-refractivity contribution in [2.24, 2.45) is 0 Å². The molecule has 1 amide bonds. The number of nitrogens with one attached hydrogen (secondary N) is 1. The number of likely N-dealkylation sites (N-methyl/N-ethyl adjacent to an activating group) is 1. The molecule has 4 rings (SSSR count). The Morgan fingerprint density at radius 1 is 1.31 bits per heavy atom. The Morgan fingerprint density at radius 2 is 2.11 bits per heavy atom. The molecule has 1 N–H and O–H groups in total. The number of thiazole rings is 1. The molecule has 2 atom stereocenters. The number of benzene rings is 1. The summed E-state index contributed by atoms with van der Waals surface area (Å²) in [5, 5.41) is 10.4. The molecule has 1 aliphatic rings. The summed E-state index contributed by atoms with van der Waals surface area (Å²) in [6.07, 6.45) is -2.92. The molecular weight excluding hydrogens is 495 g/mol. The SMILES string of the molecule is Cc1cnc(-c2cc(OC[C@@H]3CN(C)CCO3)cc(C(=O)N[C@@H](C)c3ccc(C(F)(F)F)nn3)c2)s1. The summed E-state index contributed by atoms with van der Waals surface area (Å²) in [7, 11) is 2.02. The summed E-state index contributed by atoms with van der Waals surface area (Å²) in [5.41, 5.74) is 0.160. The van der Waals surface area contributed by atoms with Crippen molar-refractivity contribution >= 4 is 17.2 Å². The molecule has 1 aromatic carbocycles. The molecule has 0 unspecified atom stereocenters. The van der Waals surface area contributed by atoms with Gasteiger partial charge in [-0.2, -0.15) is 18.3 Å². The van der Waals surface area contributed by atoms with Crippen LogP contribution in [0.5, 0.6) is 5.75 Å². The van der Waals surface area contributed by atoms with Crippen molar-refractivity contribution in [2.75, 3.05) is 33.4 Å². The van der Waals surface area contributed by atoms with E-state index in [1.54, 1.807) is 25.3 Å². The number of aryl methyl sites for hydroxylation is 1. The van der Waals surface area contributed by atoms with E-state index in [-0.39, 0.29) is 11.8 Å². The average Bonchev–Trinajstić information content (AvgIpc) is 3.28. The molecule has 0 saturated carbocycles.